The molecule has 4 N–H and O–H groups in total. The number of hydrogen-bond donors (Lipinski definition) is 4. The lowest BCUT2D eigenvalue weighted by atomic mass is 10.2. The van der Waals surface area contributed by atoms with Crippen LogP contribution in [0.15, 0.2) is 41.2 Å². The van der Waals surface area contributed by atoms with Crippen molar-refractivity contribution in [1.29, 1.82) is 0 Å². The zero-order valence-corrected chi connectivity index (χ0v) is 12.6. The number of nitrogens with one attached hydrogen (secondary N) is 4. The molecular weight excluding hydrogens is 318 g/mol. The topological polar surface area (TPSA) is 89.8 Å². The number of aromatic nitrogens is 2. The lowest BCUT2D eigenvalue weighted by Gasteiger charge is -2.15. The van der Waals surface area contributed by atoms with Gasteiger partial charge in [-0.1, -0.05) is 0 Å². The van der Waals surface area contributed by atoms with E-state index < -0.39 is 23.6 Å². The number of rotatable bonds is 4. The SMILES string of the molecule is CC(Nc1ccc2[nH]c(=O)[nH]c2c1)C(=O)Nc1ccc(F)cc1F. The van der Waals surface area contributed by atoms with Gasteiger partial charge in [-0.2, -0.15) is 0 Å². The standard InChI is InChI=1S/C16H14F2N4O2/c1-8(15(23)20-12-4-2-9(17)6-11(12)18)19-10-3-5-13-14(7-10)22-16(24)21-13/h2-8,19H,1H3,(H,20,23)(H2,21,22,24). The zero-order chi connectivity index (χ0) is 17.3. The van der Waals surface area contributed by atoms with Crippen LogP contribution in [0, 0.1) is 11.6 Å². The highest BCUT2D eigenvalue weighted by molar-refractivity contribution is 5.96. The molecule has 1 unspecified atom stereocenters. The fourth-order valence-electron chi connectivity index (χ4n) is 2.27. The first kappa shape index (κ1) is 15.7. The monoisotopic (exact) mass is 332 g/mol. The number of carbonyl (C=O) groups is 1. The molecule has 0 saturated carbocycles. The Bertz CT molecular complexity index is 964. The van der Waals surface area contributed by atoms with E-state index in [2.05, 4.69) is 20.6 Å². The van der Waals surface area contributed by atoms with Crippen LogP contribution >= 0.6 is 0 Å². The summed E-state index contributed by atoms with van der Waals surface area (Å²) in [6.45, 7) is 1.60. The van der Waals surface area contributed by atoms with E-state index in [9.17, 15) is 18.4 Å². The molecule has 6 nitrogen and oxygen atoms in total. The molecule has 8 heteroatoms. The molecule has 2 aromatic carbocycles. The van der Waals surface area contributed by atoms with Crippen LogP contribution in [-0.4, -0.2) is 21.9 Å². The maximum absolute atomic E-state index is 13.6. The number of H-pyrrole nitrogens is 2. The minimum atomic E-state index is -0.845. The fourth-order valence-corrected chi connectivity index (χ4v) is 2.27. The van der Waals surface area contributed by atoms with Gasteiger partial charge in [0.2, 0.25) is 5.91 Å². The second-order valence-corrected chi connectivity index (χ2v) is 5.32. The summed E-state index contributed by atoms with van der Waals surface area (Å²) in [6, 6.07) is 7.31. The van der Waals surface area contributed by atoms with Crippen molar-refractivity contribution in [3.63, 3.8) is 0 Å². The highest BCUT2D eigenvalue weighted by atomic mass is 19.1. The van der Waals surface area contributed by atoms with E-state index in [0.717, 1.165) is 12.1 Å². The van der Waals surface area contributed by atoms with Crippen molar-refractivity contribution in [2.45, 2.75) is 13.0 Å². The van der Waals surface area contributed by atoms with E-state index in [1.807, 2.05) is 0 Å². The lowest BCUT2D eigenvalue weighted by molar-refractivity contribution is -0.116. The van der Waals surface area contributed by atoms with Gasteiger partial charge in [0.1, 0.15) is 17.7 Å². The first-order valence-electron chi connectivity index (χ1n) is 7.17. The van der Waals surface area contributed by atoms with Crippen LogP contribution in [0.1, 0.15) is 6.92 Å². The largest absolute Gasteiger partial charge is 0.374 e. The number of aromatic amines is 2. The summed E-state index contributed by atoms with van der Waals surface area (Å²) in [4.78, 5) is 28.6. The normalized spacial score (nSPS) is 12.1. The summed E-state index contributed by atoms with van der Waals surface area (Å²) < 4.78 is 26.4. The molecule has 0 fully saturated rings. The molecule has 0 radical (unpaired) electrons. The summed E-state index contributed by atoms with van der Waals surface area (Å²) in [5.74, 6) is -2.05. The van der Waals surface area contributed by atoms with Crippen molar-refractivity contribution in [1.82, 2.24) is 9.97 Å². The summed E-state index contributed by atoms with van der Waals surface area (Å²) >= 11 is 0. The first-order valence-corrected chi connectivity index (χ1v) is 7.17. The predicted molar refractivity (Wildman–Crippen MR) is 87.0 cm³/mol. The van der Waals surface area contributed by atoms with E-state index in [1.54, 1.807) is 25.1 Å². The first-order chi connectivity index (χ1) is 11.4. The average molecular weight is 332 g/mol. The second kappa shape index (κ2) is 6.15. The quantitative estimate of drug-likeness (QED) is 0.592. The average Bonchev–Trinajstić information content (AvgIpc) is 2.89. The van der Waals surface area contributed by atoms with Crippen LogP contribution in [0.3, 0.4) is 0 Å². The van der Waals surface area contributed by atoms with Crippen LogP contribution in [0.2, 0.25) is 0 Å². The summed E-state index contributed by atoms with van der Waals surface area (Å²) in [7, 11) is 0. The van der Waals surface area contributed by atoms with E-state index in [-0.39, 0.29) is 11.4 Å². The van der Waals surface area contributed by atoms with Gasteiger partial charge < -0.3 is 20.6 Å². The van der Waals surface area contributed by atoms with E-state index in [0.29, 0.717) is 22.8 Å². The maximum atomic E-state index is 13.6. The Morgan fingerprint density at radius 2 is 1.83 bits per heavy atom. The van der Waals surface area contributed by atoms with Gasteiger partial charge in [-0.3, -0.25) is 4.79 Å². The smallest absolute Gasteiger partial charge is 0.323 e. The predicted octanol–water partition coefficient (Wildman–Crippen LogP) is 2.57. The molecule has 24 heavy (non-hydrogen) atoms. The number of carbonyl (C=O) groups excluding carboxylic acids is 1. The van der Waals surface area contributed by atoms with Gasteiger partial charge in [0.05, 0.1) is 16.7 Å². The molecule has 124 valence electrons. The van der Waals surface area contributed by atoms with Gasteiger partial charge in [0, 0.05) is 11.8 Å². The molecule has 1 amide bonds. The molecular formula is C16H14F2N4O2. The Morgan fingerprint density at radius 3 is 2.58 bits per heavy atom. The van der Waals surface area contributed by atoms with Gasteiger partial charge in [-0.25, -0.2) is 13.6 Å². The van der Waals surface area contributed by atoms with Crippen molar-refractivity contribution in [3.8, 4) is 0 Å². The molecule has 1 aromatic heterocycles. The Morgan fingerprint density at radius 1 is 1.08 bits per heavy atom. The molecule has 0 aliphatic carbocycles. The number of fused-ring (bicyclic) bond motifs is 1. The zero-order valence-electron chi connectivity index (χ0n) is 12.6. The number of halogens is 2. The van der Waals surface area contributed by atoms with Gasteiger partial charge in [-0.15, -0.1) is 0 Å². The minimum absolute atomic E-state index is 0.0968. The highest BCUT2D eigenvalue weighted by Crippen LogP contribution is 2.17. The summed E-state index contributed by atoms with van der Waals surface area (Å²) in [5.41, 5.74) is 1.44. The lowest BCUT2D eigenvalue weighted by Crippen LogP contribution is -2.32. The molecule has 0 saturated heterocycles. The van der Waals surface area contributed by atoms with Crippen molar-refractivity contribution in [2.24, 2.45) is 0 Å². The number of imidazole rings is 1. The second-order valence-electron chi connectivity index (χ2n) is 5.32. The summed E-state index contributed by atoms with van der Waals surface area (Å²) in [5, 5.41) is 5.34. The molecule has 0 spiro atoms. The molecule has 0 aliphatic rings. The van der Waals surface area contributed by atoms with E-state index >= 15 is 0 Å². The van der Waals surface area contributed by atoms with Crippen molar-refractivity contribution < 1.29 is 13.6 Å². The third-order valence-corrected chi connectivity index (χ3v) is 3.48. The summed E-state index contributed by atoms with van der Waals surface area (Å²) in [6.07, 6.45) is 0. The Balaban J connectivity index is 1.71. The molecule has 3 aromatic rings. The third-order valence-electron chi connectivity index (χ3n) is 3.48. The maximum Gasteiger partial charge on any atom is 0.323 e. The van der Waals surface area contributed by atoms with Crippen molar-refractivity contribution in [2.75, 3.05) is 10.6 Å². The van der Waals surface area contributed by atoms with Crippen LogP contribution in [0.5, 0.6) is 0 Å². The van der Waals surface area contributed by atoms with Crippen LogP contribution in [0.25, 0.3) is 11.0 Å². The van der Waals surface area contributed by atoms with Gasteiger partial charge in [0.15, 0.2) is 0 Å². The Kier molecular flexibility index (Phi) is 4.03. The Hall–Kier alpha value is -3.16. The molecule has 0 bridgehead atoms. The number of benzene rings is 2. The number of anilines is 2. The number of hydrogen-bond acceptors (Lipinski definition) is 3. The number of amides is 1. The van der Waals surface area contributed by atoms with Crippen molar-refractivity contribution in [3.05, 3.63) is 58.5 Å². The third kappa shape index (κ3) is 3.27. The van der Waals surface area contributed by atoms with E-state index in [4.69, 9.17) is 0 Å². The van der Waals surface area contributed by atoms with Gasteiger partial charge in [-0.05, 0) is 37.3 Å². The highest BCUT2D eigenvalue weighted by Gasteiger charge is 2.15. The molecule has 1 atom stereocenters. The molecule has 1 heterocycles. The Labute approximate surface area is 134 Å². The van der Waals surface area contributed by atoms with Crippen LogP contribution < -0.4 is 16.3 Å². The molecule has 0 aliphatic heterocycles. The molecule has 3 rings (SSSR count). The van der Waals surface area contributed by atoms with Crippen LogP contribution in [0.4, 0.5) is 20.2 Å². The van der Waals surface area contributed by atoms with Gasteiger partial charge in [0.25, 0.3) is 0 Å². The van der Waals surface area contributed by atoms with Crippen LogP contribution in [-0.2, 0) is 4.79 Å². The fraction of sp³-hybridized carbons (Fsp3) is 0.125. The minimum Gasteiger partial charge on any atom is -0.374 e. The van der Waals surface area contributed by atoms with E-state index in [1.165, 1.54) is 0 Å². The van der Waals surface area contributed by atoms with Gasteiger partial charge >= 0.3 is 5.69 Å². The van der Waals surface area contributed by atoms with Crippen molar-refractivity contribution >= 4 is 28.3 Å².